The summed E-state index contributed by atoms with van der Waals surface area (Å²) in [6, 6.07) is 8.11. The summed E-state index contributed by atoms with van der Waals surface area (Å²) in [7, 11) is 1.66. The summed E-state index contributed by atoms with van der Waals surface area (Å²) in [5, 5.41) is 3.16. The number of halogens is 1. The molecule has 1 N–H and O–H groups in total. The molecule has 3 rings (SSSR count). The first-order valence-electron chi connectivity index (χ1n) is 7.56. The Kier molecular flexibility index (Phi) is 3.96. The van der Waals surface area contributed by atoms with Crippen molar-refractivity contribution in [3.63, 3.8) is 0 Å². The standard InChI is InChI=1S/C17H20FN3O/c1-3-14-15(18)16(21-11-20-14)19-10-17(8-9-17)12-4-6-13(22-2)7-5-12/h4-7,11H,3,8-10H2,1-2H3,(H,19,20,21). The van der Waals surface area contributed by atoms with Crippen LogP contribution in [0.25, 0.3) is 0 Å². The van der Waals surface area contributed by atoms with Gasteiger partial charge in [0.15, 0.2) is 11.6 Å². The van der Waals surface area contributed by atoms with Crippen LogP contribution in [-0.4, -0.2) is 23.6 Å². The van der Waals surface area contributed by atoms with Crippen LogP contribution in [0.4, 0.5) is 10.2 Å². The van der Waals surface area contributed by atoms with Gasteiger partial charge in [-0.3, -0.25) is 0 Å². The Morgan fingerprint density at radius 1 is 1.23 bits per heavy atom. The first-order valence-corrected chi connectivity index (χ1v) is 7.56. The third-order valence-corrected chi connectivity index (χ3v) is 4.35. The number of nitrogens with zero attached hydrogens (tertiary/aromatic N) is 2. The Hall–Kier alpha value is -2.17. The molecule has 0 radical (unpaired) electrons. The quantitative estimate of drug-likeness (QED) is 0.889. The number of hydrogen-bond acceptors (Lipinski definition) is 4. The van der Waals surface area contributed by atoms with Crippen molar-refractivity contribution in [2.45, 2.75) is 31.6 Å². The molecule has 116 valence electrons. The Balaban J connectivity index is 1.73. The Bertz CT molecular complexity index is 653. The predicted molar refractivity (Wildman–Crippen MR) is 83.8 cm³/mol. The molecule has 1 aliphatic rings. The Morgan fingerprint density at radius 2 is 1.95 bits per heavy atom. The van der Waals surface area contributed by atoms with Crippen LogP contribution in [-0.2, 0) is 11.8 Å². The van der Waals surface area contributed by atoms with Crippen molar-refractivity contribution < 1.29 is 9.13 Å². The number of nitrogens with one attached hydrogen (secondary N) is 1. The summed E-state index contributed by atoms with van der Waals surface area (Å²) < 4.78 is 19.4. The van der Waals surface area contributed by atoms with E-state index in [-0.39, 0.29) is 11.2 Å². The molecule has 0 aliphatic heterocycles. The van der Waals surface area contributed by atoms with Gasteiger partial charge in [-0.25, -0.2) is 14.4 Å². The maximum Gasteiger partial charge on any atom is 0.186 e. The molecule has 0 saturated heterocycles. The van der Waals surface area contributed by atoms with Crippen molar-refractivity contribution >= 4 is 5.82 Å². The van der Waals surface area contributed by atoms with E-state index in [1.807, 2.05) is 19.1 Å². The molecular formula is C17H20FN3O. The summed E-state index contributed by atoms with van der Waals surface area (Å²) in [5.74, 6) is 0.809. The molecule has 0 spiro atoms. The normalized spacial score (nSPS) is 15.4. The van der Waals surface area contributed by atoms with Crippen LogP contribution in [0, 0.1) is 5.82 Å². The highest BCUT2D eigenvalue weighted by Crippen LogP contribution is 2.48. The molecule has 0 bridgehead atoms. The van der Waals surface area contributed by atoms with Crippen molar-refractivity contribution in [1.29, 1.82) is 0 Å². The smallest absolute Gasteiger partial charge is 0.186 e. The van der Waals surface area contributed by atoms with Gasteiger partial charge in [0.25, 0.3) is 0 Å². The number of aryl methyl sites for hydroxylation is 1. The van der Waals surface area contributed by atoms with Crippen molar-refractivity contribution in [2.24, 2.45) is 0 Å². The fourth-order valence-electron chi connectivity index (χ4n) is 2.69. The molecule has 4 nitrogen and oxygen atoms in total. The van der Waals surface area contributed by atoms with Crippen LogP contribution >= 0.6 is 0 Å². The van der Waals surface area contributed by atoms with E-state index in [0.29, 0.717) is 24.5 Å². The summed E-state index contributed by atoms with van der Waals surface area (Å²) in [6.07, 6.45) is 4.17. The lowest BCUT2D eigenvalue weighted by Gasteiger charge is -2.18. The summed E-state index contributed by atoms with van der Waals surface area (Å²) in [5.41, 5.74) is 1.79. The van der Waals surface area contributed by atoms with E-state index in [1.165, 1.54) is 11.9 Å². The molecule has 1 aromatic heterocycles. The lowest BCUT2D eigenvalue weighted by Crippen LogP contribution is -2.21. The highest BCUT2D eigenvalue weighted by atomic mass is 19.1. The first-order chi connectivity index (χ1) is 10.7. The highest BCUT2D eigenvalue weighted by molar-refractivity contribution is 5.42. The maximum absolute atomic E-state index is 14.2. The third-order valence-electron chi connectivity index (χ3n) is 4.35. The largest absolute Gasteiger partial charge is 0.497 e. The van der Waals surface area contributed by atoms with Gasteiger partial charge in [-0.2, -0.15) is 0 Å². The summed E-state index contributed by atoms with van der Waals surface area (Å²) in [4.78, 5) is 7.98. The van der Waals surface area contributed by atoms with Crippen LogP contribution in [0.1, 0.15) is 31.0 Å². The molecule has 0 atom stereocenters. The minimum atomic E-state index is -0.337. The van der Waals surface area contributed by atoms with E-state index in [4.69, 9.17) is 4.74 Å². The van der Waals surface area contributed by atoms with Crippen LogP contribution in [0.2, 0.25) is 0 Å². The number of benzene rings is 1. The van der Waals surface area contributed by atoms with Crippen LogP contribution < -0.4 is 10.1 Å². The Labute approximate surface area is 129 Å². The fraction of sp³-hybridized carbons (Fsp3) is 0.412. The van der Waals surface area contributed by atoms with E-state index in [0.717, 1.165) is 18.6 Å². The molecule has 1 aromatic carbocycles. The van der Waals surface area contributed by atoms with Gasteiger partial charge in [0, 0.05) is 12.0 Å². The molecule has 1 fully saturated rings. The number of hydrogen-bond donors (Lipinski definition) is 1. The van der Waals surface area contributed by atoms with Gasteiger partial charge < -0.3 is 10.1 Å². The van der Waals surface area contributed by atoms with Gasteiger partial charge in [0.1, 0.15) is 12.1 Å². The molecule has 0 amide bonds. The zero-order valence-corrected chi connectivity index (χ0v) is 12.9. The zero-order valence-electron chi connectivity index (χ0n) is 12.9. The predicted octanol–water partition coefficient (Wildman–Crippen LogP) is 3.33. The summed E-state index contributed by atoms with van der Waals surface area (Å²) >= 11 is 0. The van der Waals surface area contributed by atoms with Crippen LogP contribution in [0.5, 0.6) is 5.75 Å². The van der Waals surface area contributed by atoms with Crippen LogP contribution in [0.3, 0.4) is 0 Å². The first kappa shape index (κ1) is 14.8. The zero-order chi connectivity index (χ0) is 15.6. The molecule has 5 heteroatoms. The van der Waals surface area contributed by atoms with E-state index >= 15 is 0 Å². The molecule has 0 unspecified atom stereocenters. The van der Waals surface area contributed by atoms with Crippen molar-refractivity contribution in [1.82, 2.24) is 9.97 Å². The lowest BCUT2D eigenvalue weighted by molar-refractivity contribution is 0.414. The van der Waals surface area contributed by atoms with Gasteiger partial charge in [0.05, 0.1) is 12.8 Å². The molecule has 1 aliphatic carbocycles. The van der Waals surface area contributed by atoms with E-state index in [9.17, 15) is 4.39 Å². The molecule has 1 heterocycles. The number of rotatable bonds is 6. The number of methoxy groups -OCH3 is 1. The molecular weight excluding hydrogens is 281 g/mol. The van der Waals surface area contributed by atoms with Crippen molar-refractivity contribution in [3.8, 4) is 5.75 Å². The van der Waals surface area contributed by atoms with E-state index in [2.05, 4.69) is 27.4 Å². The average Bonchev–Trinajstić information content (AvgIpc) is 3.35. The molecule has 2 aromatic rings. The molecule has 1 saturated carbocycles. The van der Waals surface area contributed by atoms with Gasteiger partial charge in [-0.05, 0) is 37.0 Å². The van der Waals surface area contributed by atoms with Crippen molar-refractivity contribution in [3.05, 3.63) is 47.7 Å². The summed E-state index contributed by atoms with van der Waals surface area (Å²) in [6.45, 7) is 2.56. The van der Waals surface area contributed by atoms with Gasteiger partial charge >= 0.3 is 0 Å². The van der Waals surface area contributed by atoms with Gasteiger partial charge in [0.2, 0.25) is 0 Å². The second kappa shape index (κ2) is 5.91. The van der Waals surface area contributed by atoms with E-state index < -0.39 is 0 Å². The minimum absolute atomic E-state index is 0.0794. The van der Waals surface area contributed by atoms with Crippen molar-refractivity contribution in [2.75, 3.05) is 19.0 Å². The number of ether oxygens (including phenoxy) is 1. The minimum Gasteiger partial charge on any atom is -0.497 e. The number of aromatic nitrogens is 2. The number of anilines is 1. The molecule has 22 heavy (non-hydrogen) atoms. The van der Waals surface area contributed by atoms with Gasteiger partial charge in [-0.15, -0.1) is 0 Å². The van der Waals surface area contributed by atoms with Gasteiger partial charge in [-0.1, -0.05) is 19.1 Å². The monoisotopic (exact) mass is 301 g/mol. The van der Waals surface area contributed by atoms with E-state index in [1.54, 1.807) is 7.11 Å². The maximum atomic E-state index is 14.2. The highest BCUT2D eigenvalue weighted by Gasteiger charge is 2.44. The van der Waals surface area contributed by atoms with Crippen LogP contribution in [0.15, 0.2) is 30.6 Å². The second-order valence-electron chi connectivity index (χ2n) is 5.70. The average molecular weight is 301 g/mol. The third kappa shape index (κ3) is 2.75. The second-order valence-corrected chi connectivity index (χ2v) is 5.70. The topological polar surface area (TPSA) is 47.0 Å². The Morgan fingerprint density at radius 3 is 2.55 bits per heavy atom. The lowest BCUT2D eigenvalue weighted by atomic mass is 9.96. The SMILES string of the molecule is CCc1ncnc(NCC2(c3ccc(OC)cc3)CC2)c1F. The fourth-order valence-corrected chi connectivity index (χ4v) is 2.69.